The van der Waals surface area contributed by atoms with E-state index in [2.05, 4.69) is 5.32 Å². The predicted octanol–water partition coefficient (Wildman–Crippen LogP) is 3.87. The first-order valence-electron chi connectivity index (χ1n) is 8.63. The quantitative estimate of drug-likeness (QED) is 0.356. The van der Waals surface area contributed by atoms with Gasteiger partial charge in [0.1, 0.15) is 16.1 Å². The Labute approximate surface area is 168 Å². The molecule has 3 aromatic rings. The van der Waals surface area contributed by atoms with Gasteiger partial charge in [0, 0.05) is 22.4 Å². The number of nitrogens with one attached hydrogen (secondary N) is 2. The largest absolute Gasteiger partial charge is 0.465 e. The summed E-state index contributed by atoms with van der Waals surface area (Å²) in [5.41, 5.74) is -0.191. The number of hydrogen-bond acceptors (Lipinski definition) is 8. The summed E-state index contributed by atoms with van der Waals surface area (Å²) in [6.07, 6.45) is 1.61. The molecule has 0 spiro atoms. The van der Waals surface area contributed by atoms with Crippen molar-refractivity contribution < 1.29 is 23.7 Å². The van der Waals surface area contributed by atoms with Gasteiger partial charge in [-0.25, -0.2) is 4.79 Å². The molecule has 2 N–H and O–H groups in total. The second kappa shape index (κ2) is 8.23. The lowest BCUT2D eigenvalue weighted by Gasteiger charge is -2.06. The number of fused-ring (bicyclic) bond motifs is 1. The Bertz CT molecular complexity index is 1180. The van der Waals surface area contributed by atoms with Crippen molar-refractivity contribution in [3.05, 3.63) is 62.0 Å². The molecule has 29 heavy (non-hydrogen) atoms. The van der Waals surface area contributed by atoms with Crippen molar-refractivity contribution in [2.75, 3.05) is 12.4 Å². The molecular weight excluding hydrogens is 398 g/mol. The van der Waals surface area contributed by atoms with E-state index in [1.165, 1.54) is 42.7 Å². The minimum Gasteiger partial charge on any atom is -0.465 e. The SMILES string of the molecule is CCCc1cc(C(=O)OC)c(NC(=O)c2cc3cc([N+](=O)[O-])ccc3oc2=N)s1. The highest BCUT2D eigenvalue weighted by molar-refractivity contribution is 7.16. The number of methoxy groups -OCH3 is 1. The molecule has 0 bridgehead atoms. The highest BCUT2D eigenvalue weighted by Crippen LogP contribution is 2.30. The molecule has 9 nitrogen and oxygen atoms in total. The Morgan fingerprint density at radius 2 is 2.03 bits per heavy atom. The van der Waals surface area contributed by atoms with Crippen LogP contribution in [0.15, 0.2) is 34.7 Å². The summed E-state index contributed by atoms with van der Waals surface area (Å²) < 4.78 is 10.1. The predicted molar refractivity (Wildman–Crippen MR) is 106 cm³/mol. The van der Waals surface area contributed by atoms with Gasteiger partial charge in [-0.2, -0.15) is 0 Å². The number of carbonyl (C=O) groups is 2. The minimum absolute atomic E-state index is 0.112. The lowest BCUT2D eigenvalue weighted by molar-refractivity contribution is -0.384. The van der Waals surface area contributed by atoms with Crippen LogP contribution >= 0.6 is 11.3 Å². The number of amides is 1. The number of rotatable bonds is 6. The molecule has 0 fully saturated rings. The summed E-state index contributed by atoms with van der Waals surface area (Å²) in [5, 5.41) is 22.2. The van der Waals surface area contributed by atoms with Crippen LogP contribution in [-0.2, 0) is 11.2 Å². The molecule has 2 aromatic heterocycles. The number of nitro groups is 1. The highest BCUT2D eigenvalue weighted by Gasteiger charge is 2.21. The van der Waals surface area contributed by atoms with Crippen molar-refractivity contribution in [2.24, 2.45) is 0 Å². The molecule has 0 aliphatic heterocycles. The first kappa shape index (κ1) is 20.2. The Kier molecular flexibility index (Phi) is 5.74. The zero-order chi connectivity index (χ0) is 21.1. The van der Waals surface area contributed by atoms with Crippen LogP contribution in [0.1, 0.15) is 38.9 Å². The summed E-state index contributed by atoms with van der Waals surface area (Å²) in [6.45, 7) is 2.00. The Morgan fingerprint density at radius 1 is 1.28 bits per heavy atom. The third kappa shape index (κ3) is 4.16. The first-order chi connectivity index (χ1) is 13.8. The molecule has 0 atom stereocenters. The number of carbonyl (C=O) groups excluding carboxylic acids is 2. The summed E-state index contributed by atoms with van der Waals surface area (Å²) in [5.74, 6) is -1.24. The second-order valence-corrected chi connectivity index (χ2v) is 7.26. The average molecular weight is 415 g/mol. The van der Waals surface area contributed by atoms with E-state index < -0.39 is 22.4 Å². The molecule has 3 rings (SSSR count). The minimum atomic E-state index is -0.665. The number of ether oxygens (including phenoxy) is 1. The molecule has 1 aromatic carbocycles. The van der Waals surface area contributed by atoms with Crippen LogP contribution in [0.3, 0.4) is 0 Å². The van der Waals surface area contributed by atoms with Gasteiger partial charge < -0.3 is 14.5 Å². The van der Waals surface area contributed by atoms with Crippen LogP contribution in [-0.4, -0.2) is 23.9 Å². The molecular formula is C19H17N3O6S. The van der Waals surface area contributed by atoms with Crippen molar-refractivity contribution in [1.82, 2.24) is 0 Å². The molecule has 2 heterocycles. The zero-order valence-electron chi connectivity index (χ0n) is 15.6. The van der Waals surface area contributed by atoms with Crippen molar-refractivity contribution in [3.63, 3.8) is 0 Å². The van der Waals surface area contributed by atoms with E-state index in [0.717, 1.165) is 17.7 Å². The van der Waals surface area contributed by atoms with Crippen LogP contribution in [0.25, 0.3) is 11.0 Å². The van der Waals surface area contributed by atoms with Crippen molar-refractivity contribution >= 4 is 44.9 Å². The standard InChI is InChI=1S/C19H17N3O6S/c1-3-4-12-9-14(19(24)27-2)18(29-12)21-17(23)13-8-10-7-11(22(25)26)5-6-15(10)28-16(13)20/h5-9,20H,3-4H2,1-2H3,(H,21,23). The number of thiophene rings is 1. The Hall–Kier alpha value is -3.53. The molecule has 0 aliphatic rings. The number of anilines is 1. The maximum atomic E-state index is 12.8. The van der Waals surface area contributed by atoms with Crippen LogP contribution in [0.2, 0.25) is 0 Å². The monoisotopic (exact) mass is 415 g/mol. The van der Waals surface area contributed by atoms with Crippen molar-refractivity contribution in [2.45, 2.75) is 19.8 Å². The third-order valence-electron chi connectivity index (χ3n) is 4.12. The molecule has 10 heteroatoms. The number of aryl methyl sites for hydroxylation is 1. The van der Waals surface area contributed by atoms with Gasteiger partial charge in [0.2, 0.25) is 5.55 Å². The lowest BCUT2D eigenvalue weighted by Crippen LogP contribution is -2.21. The maximum Gasteiger partial charge on any atom is 0.340 e. The topological polar surface area (TPSA) is 136 Å². The highest BCUT2D eigenvalue weighted by atomic mass is 32.1. The smallest absolute Gasteiger partial charge is 0.340 e. The van der Waals surface area contributed by atoms with E-state index in [1.54, 1.807) is 6.07 Å². The number of esters is 1. The number of nitro benzene ring substituents is 1. The van der Waals surface area contributed by atoms with Crippen LogP contribution in [0.5, 0.6) is 0 Å². The zero-order valence-corrected chi connectivity index (χ0v) is 16.4. The Balaban J connectivity index is 1.99. The van der Waals surface area contributed by atoms with Gasteiger partial charge in [-0.05, 0) is 24.6 Å². The summed E-state index contributed by atoms with van der Waals surface area (Å²) in [4.78, 5) is 36.1. The summed E-state index contributed by atoms with van der Waals surface area (Å²) in [6, 6.07) is 6.92. The van der Waals surface area contributed by atoms with E-state index in [4.69, 9.17) is 14.6 Å². The number of nitrogens with zero attached hydrogens (tertiary/aromatic N) is 1. The summed E-state index contributed by atoms with van der Waals surface area (Å²) >= 11 is 1.25. The fraction of sp³-hybridized carbons (Fsp3) is 0.211. The van der Waals surface area contributed by atoms with Gasteiger partial charge in [0.25, 0.3) is 11.6 Å². The molecule has 0 aliphatic carbocycles. The first-order valence-corrected chi connectivity index (χ1v) is 9.45. The molecule has 0 radical (unpaired) electrons. The van der Waals surface area contributed by atoms with E-state index in [-0.39, 0.29) is 22.4 Å². The molecule has 0 saturated heterocycles. The molecule has 0 unspecified atom stereocenters. The van der Waals surface area contributed by atoms with Gasteiger partial charge in [-0.3, -0.25) is 20.3 Å². The van der Waals surface area contributed by atoms with Gasteiger partial charge in [0.15, 0.2) is 0 Å². The lowest BCUT2D eigenvalue weighted by atomic mass is 10.1. The van der Waals surface area contributed by atoms with Crippen LogP contribution in [0.4, 0.5) is 10.7 Å². The number of hydrogen-bond donors (Lipinski definition) is 2. The van der Waals surface area contributed by atoms with E-state index >= 15 is 0 Å². The van der Waals surface area contributed by atoms with Gasteiger partial charge in [0.05, 0.1) is 17.6 Å². The van der Waals surface area contributed by atoms with Crippen molar-refractivity contribution in [1.29, 1.82) is 5.41 Å². The molecule has 0 saturated carbocycles. The van der Waals surface area contributed by atoms with Crippen LogP contribution < -0.4 is 10.9 Å². The van der Waals surface area contributed by atoms with Crippen LogP contribution in [0, 0.1) is 15.5 Å². The summed E-state index contributed by atoms with van der Waals surface area (Å²) in [7, 11) is 1.25. The maximum absolute atomic E-state index is 12.8. The second-order valence-electron chi connectivity index (χ2n) is 6.12. The van der Waals surface area contributed by atoms with E-state index in [0.29, 0.717) is 10.4 Å². The average Bonchev–Trinajstić information content (AvgIpc) is 3.08. The molecule has 150 valence electrons. The van der Waals surface area contributed by atoms with Gasteiger partial charge in [-0.1, -0.05) is 13.3 Å². The van der Waals surface area contributed by atoms with Gasteiger partial charge in [-0.15, -0.1) is 11.3 Å². The third-order valence-corrected chi connectivity index (χ3v) is 5.23. The van der Waals surface area contributed by atoms with E-state index in [1.807, 2.05) is 6.92 Å². The van der Waals surface area contributed by atoms with E-state index in [9.17, 15) is 19.7 Å². The fourth-order valence-corrected chi connectivity index (χ4v) is 3.89. The number of non-ortho nitro benzene ring substituents is 1. The fourth-order valence-electron chi connectivity index (χ4n) is 2.75. The van der Waals surface area contributed by atoms with Gasteiger partial charge >= 0.3 is 5.97 Å². The Morgan fingerprint density at radius 3 is 2.69 bits per heavy atom. The number of benzene rings is 1. The normalized spacial score (nSPS) is 10.7. The molecule has 1 amide bonds. The van der Waals surface area contributed by atoms with Crippen molar-refractivity contribution in [3.8, 4) is 0 Å².